The Morgan fingerprint density at radius 2 is 2.12 bits per heavy atom. The Bertz CT molecular complexity index is 817. The summed E-state index contributed by atoms with van der Waals surface area (Å²) in [7, 11) is 0. The summed E-state index contributed by atoms with van der Waals surface area (Å²) >= 11 is -0.212. The number of thioether (sulfide) groups is 1. The van der Waals surface area contributed by atoms with Crippen LogP contribution in [0.5, 0.6) is 0 Å². The Morgan fingerprint density at radius 3 is 2.83 bits per heavy atom. The molecule has 0 spiro atoms. The number of halogens is 3. The van der Waals surface area contributed by atoms with Crippen molar-refractivity contribution in [3.63, 3.8) is 0 Å². The molecule has 1 atom stereocenters. The summed E-state index contributed by atoms with van der Waals surface area (Å²) < 4.78 is 38.1. The van der Waals surface area contributed by atoms with Crippen LogP contribution in [0.2, 0.25) is 0 Å². The molecule has 0 radical (unpaired) electrons. The van der Waals surface area contributed by atoms with Crippen molar-refractivity contribution in [1.29, 1.82) is 5.26 Å². The molecule has 4 nitrogen and oxygen atoms in total. The number of aliphatic hydroxyl groups is 1. The second-order valence-electron chi connectivity index (χ2n) is 5.30. The molecule has 0 bridgehead atoms. The van der Waals surface area contributed by atoms with Gasteiger partial charge in [-0.15, -0.1) is 0 Å². The summed E-state index contributed by atoms with van der Waals surface area (Å²) in [5.41, 5.74) is -1.86. The lowest BCUT2D eigenvalue weighted by atomic mass is 10.1. The van der Waals surface area contributed by atoms with Crippen molar-refractivity contribution < 1.29 is 18.3 Å². The topological polar surface area (TPSA) is 68.9 Å². The molecule has 1 aliphatic rings. The van der Waals surface area contributed by atoms with E-state index in [1.807, 2.05) is 6.07 Å². The van der Waals surface area contributed by atoms with E-state index in [0.29, 0.717) is 40.9 Å². The third kappa shape index (κ3) is 3.47. The van der Waals surface area contributed by atoms with Crippen LogP contribution in [0.25, 0.3) is 0 Å². The van der Waals surface area contributed by atoms with Crippen LogP contribution in [0, 0.1) is 11.3 Å². The first-order chi connectivity index (χ1) is 11.4. The molecule has 2 aromatic rings. The quantitative estimate of drug-likeness (QED) is 0.808. The summed E-state index contributed by atoms with van der Waals surface area (Å²) in [6.45, 7) is 0. The number of fused-ring (bicyclic) bond motifs is 1. The summed E-state index contributed by atoms with van der Waals surface area (Å²) in [6.07, 6.45) is 2.90. The summed E-state index contributed by atoms with van der Waals surface area (Å²) in [5, 5.41) is 22.0. The zero-order valence-electron chi connectivity index (χ0n) is 12.3. The zero-order valence-corrected chi connectivity index (χ0v) is 13.1. The molecule has 0 aliphatic heterocycles. The molecular formula is C16H12F3N3OS. The van der Waals surface area contributed by atoms with Gasteiger partial charge in [-0.1, -0.05) is 0 Å². The molecule has 1 aromatic heterocycles. The fourth-order valence-electron chi connectivity index (χ4n) is 2.76. The number of pyridine rings is 1. The van der Waals surface area contributed by atoms with Crippen LogP contribution in [-0.2, 0) is 6.42 Å². The van der Waals surface area contributed by atoms with Gasteiger partial charge in [-0.3, -0.25) is 4.98 Å². The van der Waals surface area contributed by atoms with E-state index in [-0.39, 0.29) is 16.7 Å². The number of nitriles is 1. The number of anilines is 2. The number of aromatic nitrogens is 1. The van der Waals surface area contributed by atoms with E-state index in [9.17, 15) is 18.3 Å². The van der Waals surface area contributed by atoms with E-state index in [2.05, 4.69) is 10.3 Å². The number of benzene rings is 1. The highest BCUT2D eigenvalue weighted by atomic mass is 32.2. The maximum absolute atomic E-state index is 12.7. The molecule has 0 saturated carbocycles. The highest BCUT2D eigenvalue weighted by Crippen LogP contribution is 2.47. The van der Waals surface area contributed by atoms with Crippen LogP contribution in [-0.4, -0.2) is 15.6 Å². The van der Waals surface area contributed by atoms with Crippen molar-refractivity contribution in [1.82, 2.24) is 4.98 Å². The van der Waals surface area contributed by atoms with E-state index < -0.39 is 11.6 Å². The van der Waals surface area contributed by atoms with Crippen molar-refractivity contribution in [2.45, 2.75) is 29.3 Å². The Morgan fingerprint density at radius 1 is 1.33 bits per heavy atom. The van der Waals surface area contributed by atoms with Gasteiger partial charge in [0.05, 0.1) is 23.6 Å². The average molecular weight is 351 g/mol. The summed E-state index contributed by atoms with van der Waals surface area (Å²) in [6, 6.07) is 6.49. The second-order valence-corrected chi connectivity index (χ2v) is 6.41. The monoisotopic (exact) mass is 351 g/mol. The molecule has 0 amide bonds. The molecular weight excluding hydrogens is 339 g/mol. The van der Waals surface area contributed by atoms with Gasteiger partial charge in [-0.05, 0) is 53.9 Å². The number of nitrogens with one attached hydrogen (secondary N) is 1. The standard InChI is InChI=1S/C16H12F3N3OS/c17-16(18,19)24-14-4-2-12(11-1-3-13(23)15(11)14)22-10-5-9(6-20)7-21-8-10/h2,4-5,7-8,13,22-23H,1,3H2. The fraction of sp³-hybridized carbons (Fsp3) is 0.250. The first-order valence-corrected chi connectivity index (χ1v) is 7.91. The minimum atomic E-state index is -4.41. The Labute approximate surface area is 140 Å². The lowest BCUT2D eigenvalue weighted by Crippen LogP contribution is -2.04. The van der Waals surface area contributed by atoms with Crippen molar-refractivity contribution in [2.75, 3.05) is 5.32 Å². The number of nitrogens with zero attached hydrogens (tertiary/aromatic N) is 2. The molecule has 1 unspecified atom stereocenters. The van der Waals surface area contributed by atoms with Gasteiger partial charge < -0.3 is 10.4 Å². The van der Waals surface area contributed by atoms with Gasteiger partial charge in [0, 0.05) is 16.8 Å². The van der Waals surface area contributed by atoms with Crippen molar-refractivity contribution in [2.24, 2.45) is 0 Å². The maximum Gasteiger partial charge on any atom is 0.446 e. The van der Waals surface area contributed by atoms with Gasteiger partial charge in [0.2, 0.25) is 0 Å². The highest BCUT2D eigenvalue weighted by Gasteiger charge is 2.34. The first kappa shape index (κ1) is 16.6. The largest absolute Gasteiger partial charge is 0.446 e. The van der Waals surface area contributed by atoms with Gasteiger partial charge in [0.25, 0.3) is 0 Å². The second kappa shape index (κ2) is 6.34. The van der Waals surface area contributed by atoms with E-state index in [0.717, 1.165) is 0 Å². The van der Waals surface area contributed by atoms with E-state index >= 15 is 0 Å². The number of hydrogen-bond acceptors (Lipinski definition) is 5. The average Bonchev–Trinajstić information content (AvgIpc) is 2.91. The molecule has 1 aliphatic carbocycles. The van der Waals surface area contributed by atoms with Gasteiger partial charge in [0.1, 0.15) is 6.07 Å². The molecule has 2 N–H and O–H groups in total. The minimum absolute atomic E-state index is 0.0250. The first-order valence-electron chi connectivity index (χ1n) is 7.09. The van der Waals surface area contributed by atoms with Crippen molar-refractivity contribution in [3.05, 3.63) is 47.3 Å². The maximum atomic E-state index is 12.7. The molecule has 0 saturated heterocycles. The van der Waals surface area contributed by atoms with Crippen LogP contribution < -0.4 is 5.32 Å². The number of aliphatic hydroxyl groups excluding tert-OH is 1. The number of hydrogen-bond donors (Lipinski definition) is 2. The zero-order chi connectivity index (χ0) is 17.3. The molecule has 3 rings (SSSR count). The molecule has 24 heavy (non-hydrogen) atoms. The lowest BCUT2D eigenvalue weighted by molar-refractivity contribution is -0.0328. The SMILES string of the molecule is N#Cc1cncc(Nc2ccc(SC(F)(F)F)c3c2CCC3O)c1. The van der Waals surface area contributed by atoms with E-state index in [4.69, 9.17) is 5.26 Å². The van der Waals surface area contributed by atoms with Crippen molar-refractivity contribution >= 4 is 23.1 Å². The van der Waals surface area contributed by atoms with Gasteiger partial charge >= 0.3 is 5.51 Å². The number of rotatable bonds is 3. The molecule has 124 valence electrons. The van der Waals surface area contributed by atoms with Crippen LogP contribution in [0.15, 0.2) is 35.5 Å². The lowest BCUT2D eigenvalue weighted by Gasteiger charge is -2.16. The van der Waals surface area contributed by atoms with E-state index in [1.54, 1.807) is 12.1 Å². The molecule has 1 heterocycles. The third-order valence-electron chi connectivity index (χ3n) is 3.69. The Kier molecular flexibility index (Phi) is 4.39. The third-order valence-corrected chi connectivity index (χ3v) is 4.50. The van der Waals surface area contributed by atoms with Crippen LogP contribution in [0.4, 0.5) is 24.5 Å². The Balaban J connectivity index is 1.97. The predicted molar refractivity (Wildman–Crippen MR) is 83.9 cm³/mol. The minimum Gasteiger partial charge on any atom is -0.388 e. The predicted octanol–water partition coefficient (Wildman–Crippen LogP) is 4.29. The molecule has 0 fully saturated rings. The fourth-order valence-corrected chi connectivity index (χ4v) is 3.51. The van der Waals surface area contributed by atoms with Crippen LogP contribution in [0.3, 0.4) is 0 Å². The van der Waals surface area contributed by atoms with E-state index in [1.165, 1.54) is 18.5 Å². The number of alkyl halides is 3. The normalized spacial score (nSPS) is 16.5. The highest BCUT2D eigenvalue weighted by molar-refractivity contribution is 8.00. The molecule has 8 heteroatoms. The van der Waals surface area contributed by atoms with Gasteiger partial charge in [-0.2, -0.15) is 18.4 Å². The molecule has 1 aromatic carbocycles. The van der Waals surface area contributed by atoms with Gasteiger partial charge in [-0.25, -0.2) is 0 Å². The van der Waals surface area contributed by atoms with Crippen LogP contribution in [0.1, 0.15) is 29.2 Å². The van der Waals surface area contributed by atoms with Gasteiger partial charge in [0.15, 0.2) is 0 Å². The smallest absolute Gasteiger partial charge is 0.388 e. The summed E-state index contributed by atoms with van der Waals surface area (Å²) in [4.78, 5) is 3.96. The van der Waals surface area contributed by atoms with Crippen LogP contribution >= 0.6 is 11.8 Å². The Hall–Kier alpha value is -2.24. The summed E-state index contributed by atoms with van der Waals surface area (Å²) in [5.74, 6) is 0. The van der Waals surface area contributed by atoms with Crippen molar-refractivity contribution in [3.8, 4) is 6.07 Å².